The average Bonchev–Trinajstić information content (AvgIpc) is 3.42. The van der Waals surface area contributed by atoms with Crippen LogP contribution in [0.25, 0.3) is 5.69 Å². The Kier molecular flexibility index (Phi) is 5.56. The lowest BCUT2D eigenvalue weighted by atomic mass is 10.2. The molecule has 6 nitrogen and oxygen atoms in total. The molecule has 1 aromatic carbocycles. The van der Waals surface area contributed by atoms with Crippen molar-refractivity contribution in [3.8, 4) is 5.69 Å². The molecule has 28 heavy (non-hydrogen) atoms. The summed E-state index contributed by atoms with van der Waals surface area (Å²) in [5, 5.41) is 18.0. The largest absolute Gasteiger partial charge is 0.296 e. The smallest absolute Gasteiger partial charge is 0.257 e. The first-order valence-electron chi connectivity index (χ1n) is 8.52. The SMILES string of the molecule is Cc1cc(C)n(-c2ccc(C(=O)Nc3nnc(SCc4cccs4)s3)cc2)n1. The van der Waals surface area contributed by atoms with Crippen molar-refractivity contribution in [1.82, 2.24) is 20.0 Å². The van der Waals surface area contributed by atoms with E-state index in [2.05, 4.69) is 32.1 Å². The summed E-state index contributed by atoms with van der Waals surface area (Å²) in [5.41, 5.74) is 3.50. The number of aromatic nitrogens is 4. The predicted octanol–water partition coefficient (Wildman–Crippen LogP) is 4.95. The Labute approximate surface area is 174 Å². The second kappa shape index (κ2) is 8.26. The summed E-state index contributed by atoms with van der Waals surface area (Å²) in [4.78, 5) is 13.8. The number of rotatable bonds is 6. The van der Waals surface area contributed by atoms with Crippen molar-refractivity contribution in [2.75, 3.05) is 5.32 Å². The highest BCUT2D eigenvalue weighted by molar-refractivity contribution is 8.00. The average molecular weight is 428 g/mol. The Morgan fingerprint density at radius 1 is 1.18 bits per heavy atom. The van der Waals surface area contributed by atoms with Gasteiger partial charge >= 0.3 is 0 Å². The van der Waals surface area contributed by atoms with Crippen LogP contribution in [0.4, 0.5) is 5.13 Å². The third kappa shape index (κ3) is 4.32. The van der Waals surface area contributed by atoms with Gasteiger partial charge in [0, 0.05) is 21.9 Å². The maximum atomic E-state index is 12.5. The van der Waals surface area contributed by atoms with Gasteiger partial charge in [-0.2, -0.15) is 5.10 Å². The number of carbonyl (C=O) groups excluding carboxylic acids is 1. The Hall–Kier alpha value is -2.49. The molecule has 9 heteroatoms. The summed E-state index contributed by atoms with van der Waals surface area (Å²) in [6.45, 7) is 3.96. The molecule has 1 amide bonds. The Balaban J connectivity index is 1.39. The van der Waals surface area contributed by atoms with Gasteiger partial charge in [0.2, 0.25) is 5.13 Å². The van der Waals surface area contributed by atoms with E-state index in [4.69, 9.17) is 0 Å². The molecule has 0 atom stereocenters. The van der Waals surface area contributed by atoms with Crippen LogP contribution < -0.4 is 5.32 Å². The highest BCUT2D eigenvalue weighted by atomic mass is 32.2. The normalized spacial score (nSPS) is 10.9. The number of thioether (sulfide) groups is 1. The molecular weight excluding hydrogens is 410 g/mol. The van der Waals surface area contributed by atoms with E-state index in [1.165, 1.54) is 16.2 Å². The van der Waals surface area contributed by atoms with Crippen molar-refractivity contribution in [1.29, 1.82) is 0 Å². The van der Waals surface area contributed by atoms with Crippen LogP contribution in [-0.4, -0.2) is 25.9 Å². The fraction of sp³-hybridized carbons (Fsp3) is 0.158. The lowest BCUT2D eigenvalue weighted by Gasteiger charge is -2.06. The van der Waals surface area contributed by atoms with Crippen LogP contribution in [0.1, 0.15) is 26.6 Å². The Bertz CT molecular complexity index is 1080. The van der Waals surface area contributed by atoms with Crippen molar-refractivity contribution in [2.24, 2.45) is 0 Å². The van der Waals surface area contributed by atoms with Crippen molar-refractivity contribution in [3.63, 3.8) is 0 Å². The van der Waals surface area contributed by atoms with Crippen LogP contribution in [-0.2, 0) is 5.75 Å². The van der Waals surface area contributed by atoms with Crippen LogP contribution in [0, 0.1) is 13.8 Å². The van der Waals surface area contributed by atoms with Crippen LogP contribution in [0.5, 0.6) is 0 Å². The summed E-state index contributed by atoms with van der Waals surface area (Å²) >= 11 is 4.72. The number of thiophene rings is 1. The summed E-state index contributed by atoms with van der Waals surface area (Å²) < 4.78 is 2.70. The van der Waals surface area contributed by atoms with Crippen LogP contribution >= 0.6 is 34.4 Å². The van der Waals surface area contributed by atoms with E-state index in [-0.39, 0.29) is 5.91 Å². The summed E-state index contributed by atoms with van der Waals surface area (Å²) in [5.74, 6) is 0.652. The molecule has 3 heterocycles. The molecule has 0 unspecified atom stereocenters. The van der Waals surface area contributed by atoms with Gasteiger partial charge in [-0.05, 0) is 55.6 Å². The van der Waals surface area contributed by atoms with Crippen molar-refractivity contribution in [2.45, 2.75) is 23.9 Å². The van der Waals surface area contributed by atoms with Crippen LogP contribution in [0.15, 0.2) is 52.2 Å². The number of hydrogen-bond donors (Lipinski definition) is 1. The van der Waals surface area contributed by atoms with E-state index in [9.17, 15) is 4.79 Å². The van der Waals surface area contributed by atoms with Gasteiger partial charge in [0.05, 0.1) is 11.4 Å². The minimum atomic E-state index is -0.203. The number of hydrogen-bond acceptors (Lipinski definition) is 7. The molecule has 0 spiro atoms. The zero-order valence-corrected chi connectivity index (χ0v) is 17.7. The minimum absolute atomic E-state index is 0.203. The molecule has 0 aliphatic carbocycles. The molecule has 3 aromatic heterocycles. The molecule has 0 bridgehead atoms. The van der Waals surface area contributed by atoms with Gasteiger partial charge in [0.15, 0.2) is 4.34 Å². The lowest BCUT2D eigenvalue weighted by molar-refractivity contribution is 0.102. The molecule has 0 saturated heterocycles. The van der Waals surface area contributed by atoms with Gasteiger partial charge in [0.1, 0.15) is 0 Å². The summed E-state index contributed by atoms with van der Waals surface area (Å²) in [6, 6.07) is 13.5. The number of carbonyl (C=O) groups is 1. The van der Waals surface area contributed by atoms with Crippen molar-refractivity contribution in [3.05, 3.63) is 69.7 Å². The van der Waals surface area contributed by atoms with Gasteiger partial charge in [-0.1, -0.05) is 29.2 Å². The van der Waals surface area contributed by atoms with Gasteiger partial charge in [-0.15, -0.1) is 21.5 Å². The van der Waals surface area contributed by atoms with Crippen LogP contribution in [0.3, 0.4) is 0 Å². The van der Waals surface area contributed by atoms with E-state index < -0.39 is 0 Å². The van der Waals surface area contributed by atoms with E-state index >= 15 is 0 Å². The molecule has 0 aliphatic heterocycles. The number of nitrogens with one attached hydrogen (secondary N) is 1. The first-order chi connectivity index (χ1) is 13.6. The quantitative estimate of drug-likeness (QED) is 0.348. The highest BCUT2D eigenvalue weighted by Crippen LogP contribution is 2.29. The maximum absolute atomic E-state index is 12.5. The fourth-order valence-corrected chi connectivity index (χ4v) is 5.18. The summed E-state index contributed by atoms with van der Waals surface area (Å²) in [7, 11) is 0. The molecule has 0 radical (unpaired) electrons. The molecular formula is C19H17N5OS3. The molecule has 1 N–H and O–H groups in total. The van der Waals surface area contributed by atoms with E-state index in [0.717, 1.165) is 27.2 Å². The number of aryl methyl sites for hydroxylation is 2. The zero-order valence-electron chi connectivity index (χ0n) is 15.2. The van der Waals surface area contributed by atoms with Gasteiger partial charge in [0.25, 0.3) is 5.91 Å². The fourth-order valence-electron chi connectivity index (χ4n) is 2.66. The molecule has 0 saturated carbocycles. The third-order valence-electron chi connectivity index (χ3n) is 3.93. The van der Waals surface area contributed by atoms with Gasteiger partial charge in [-0.3, -0.25) is 10.1 Å². The lowest BCUT2D eigenvalue weighted by Crippen LogP contribution is -2.12. The first-order valence-corrected chi connectivity index (χ1v) is 11.2. The number of anilines is 1. The Morgan fingerprint density at radius 3 is 2.68 bits per heavy atom. The van der Waals surface area contributed by atoms with Crippen LogP contribution in [0.2, 0.25) is 0 Å². The van der Waals surface area contributed by atoms with E-state index in [1.807, 2.05) is 42.8 Å². The van der Waals surface area contributed by atoms with Crippen molar-refractivity contribution < 1.29 is 4.79 Å². The molecule has 0 fully saturated rings. The predicted molar refractivity (Wildman–Crippen MR) is 115 cm³/mol. The monoisotopic (exact) mass is 427 g/mol. The molecule has 0 aliphatic rings. The molecule has 142 valence electrons. The second-order valence-corrected chi connectivity index (χ2v) is 9.31. The molecule has 4 aromatic rings. The zero-order chi connectivity index (χ0) is 19.5. The minimum Gasteiger partial charge on any atom is -0.296 e. The standard InChI is InChI=1S/C19H17N5OS3/c1-12-10-13(2)24(23-12)15-7-5-14(6-8-15)17(25)20-18-21-22-19(28-18)27-11-16-4-3-9-26-16/h3-10H,11H2,1-2H3,(H,20,21,25). The van der Waals surface area contributed by atoms with Gasteiger partial charge < -0.3 is 0 Å². The third-order valence-corrected chi connectivity index (χ3v) is 7.01. The topological polar surface area (TPSA) is 72.7 Å². The first kappa shape index (κ1) is 18.9. The molecule has 4 rings (SSSR count). The number of amides is 1. The highest BCUT2D eigenvalue weighted by Gasteiger charge is 2.12. The van der Waals surface area contributed by atoms with Gasteiger partial charge in [-0.25, -0.2) is 4.68 Å². The number of nitrogens with zero attached hydrogens (tertiary/aromatic N) is 4. The van der Waals surface area contributed by atoms with Crippen molar-refractivity contribution >= 4 is 45.5 Å². The maximum Gasteiger partial charge on any atom is 0.257 e. The summed E-state index contributed by atoms with van der Waals surface area (Å²) in [6.07, 6.45) is 0. The van der Waals surface area contributed by atoms with E-state index in [1.54, 1.807) is 35.2 Å². The second-order valence-electron chi connectivity index (χ2n) is 6.08. The Morgan fingerprint density at radius 2 is 2.00 bits per heavy atom. The number of benzene rings is 1. The van der Waals surface area contributed by atoms with E-state index in [0.29, 0.717) is 10.7 Å².